The van der Waals surface area contributed by atoms with Gasteiger partial charge in [-0.1, -0.05) is 47.1 Å². The molecule has 3 rings (SSSR count). The number of hydrogen-bond acceptors (Lipinski definition) is 5. The molecule has 1 aliphatic heterocycles. The lowest BCUT2D eigenvalue weighted by atomic mass is 9.85. The predicted octanol–water partition coefficient (Wildman–Crippen LogP) is 6.98. The van der Waals surface area contributed by atoms with Crippen LogP contribution in [0.5, 0.6) is 23.0 Å². The summed E-state index contributed by atoms with van der Waals surface area (Å²) in [4.78, 5) is 13.5. The van der Waals surface area contributed by atoms with E-state index in [0.29, 0.717) is 30.6 Å². The summed E-state index contributed by atoms with van der Waals surface area (Å²) in [5.41, 5.74) is 5.88. The Labute approximate surface area is 214 Å². The predicted molar refractivity (Wildman–Crippen MR) is 144 cm³/mol. The first-order valence-electron chi connectivity index (χ1n) is 12.5. The van der Waals surface area contributed by atoms with Gasteiger partial charge in [-0.05, 0) is 84.4 Å². The summed E-state index contributed by atoms with van der Waals surface area (Å²) in [7, 11) is 0. The van der Waals surface area contributed by atoms with Crippen molar-refractivity contribution in [2.75, 3.05) is 6.61 Å². The highest BCUT2D eigenvalue weighted by atomic mass is 16.5. The SMILES string of the molecule is CC(C)=CCCC(C)=CCc1c(O)c(O)c2c(c1CC=C(C)C)OCC(Cc1ccc(O)cc1)C2=O. The molecule has 0 fully saturated rings. The second-order valence-electron chi connectivity index (χ2n) is 10.2. The number of aromatic hydroxyl groups is 3. The molecule has 0 radical (unpaired) electrons. The van der Waals surface area contributed by atoms with Gasteiger partial charge in [0, 0.05) is 11.1 Å². The average molecular weight is 491 g/mol. The van der Waals surface area contributed by atoms with E-state index in [2.05, 4.69) is 32.9 Å². The number of fused-ring (bicyclic) bond motifs is 1. The lowest BCUT2D eigenvalue weighted by Crippen LogP contribution is -2.30. The van der Waals surface area contributed by atoms with Crippen molar-refractivity contribution in [1.29, 1.82) is 0 Å². The van der Waals surface area contributed by atoms with Crippen LogP contribution in [-0.4, -0.2) is 27.7 Å². The topological polar surface area (TPSA) is 87.0 Å². The molecule has 3 N–H and O–H groups in total. The number of allylic oxidation sites excluding steroid dienone is 6. The third-order valence-corrected chi connectivity index (χ3v) is 6.54. The van der Waals surface area contributed by atoms with Gasteiger partial charge in [-0.2, -0.15) is 0 Å². The number of ketones is 1. The molecule has 1 unspecified atom stereocenters. The van der Waals surface area contributed by atoms with Crippen molar-refractivity contribution in [1.82, 2.24) is 0 Å². The molecule has 5 heteroatoms. The molecule has 192 valence electrons. The van der Waals surface area contributed by atoms with Crippen molar-refractivity contribution in [3.63, 3.8) is 0 Å². The molecular formula is C31H38O5. The Hall–Kier alpha value is -3.47. The van der Waals surface area contributed by atoms with Crippen LogP contribution in [0.1, 0.15) is 74.5 Å². The summed E-state index contributed by atoms with van der Waals surface area (Å²) in [5.74, 6) is -0.850. The van der Waals surface area contributed by atoms with Crippen LogP contribution in [-0.2, 0) is 19.3 Å². The second kappa shape index (κ2) is 12.0. The first kappa shape index (κ1) is 27.1. The molecule has 1 heterocycles. The van der Waals surface area contributed by atoms with Crippen molar-refractivity contribution in [2.45, 2.75) is 66.7 Å². The summed E-state index contributed by atoms with van der Waals surface area (Å²) >= 11 is 0. The van der Waals surface area contributed by atoms with Crippen LogP contribution in [0.25, 0.3) is 0 Å². The van der Waals surface area contributed by atoms with Crippen LogP contribution in [0.2, 0.25) is 0 Å². The Morgan fingerprint density at radius 2 is 1.53 bits per heavy atom. The van der Waals surface area contributed by atoms with Crippen LogP contribution in [0, 0.1) is 5.92 Å². The zero-order valence-corrected chi connectivity index (χ0v) is 22.0. The van der Waals surface area contributed by atoms with E-state index in [1.165, 1.54) is 11.1 Å². The minimum atomic E-state index is -0.494. The number of carbonyl (C=O) groups excluding carboxylic acids is 1. The molecule has 1 atom stereocenters. The standard InChI is InChI=1S/C31H38O5/c1-19(2)7-6-8-21(5)10-16-25-26(15-9-20(3)4)31-27(30(35)29(25)34)28(33)23(18-36-31)17-22-11-13-24(32)14-12-22/h7,9-14,23,32,34-35H,6,8,15-18H2,1-5H3. The molecule has 0 aliphatic carbocycles. The molecule has 0 saturated carbocycles. The van der Waals surface area contributed by atoms with Crippen molar-refractivity contribution in [2.24, 2.45) is 5.92 Å². The molecule has 0 aromatic heterocycles. The molecule has 5 nitrogen and oxygen atoms in total. The summed E-state index contributed by atoms with van der Waals surface area (Å²) in [6, 6.07) is 6.70. The van der Waals surface area contributed by atoms with Crippen LogP contribution in [0.3, 0.4) is 0 Å². The maximum Gasteiger partial charge on any atom is 0.177 e. The van der Waals surface area contributed by atoms with E-state index in [4.69, 9.17) is 4.74 Å². The van der Waals surface area contributed by atoms with Crippen molar-refractivity contribution >= 4 is 5.78 Å². The Balaban J connectivity index is 1.97. The minimum Gasteiger partial charge on any atom is -0.508 e. The first-order chi connectivity index (χ1) is 17.1. The summed E-state index contributed by atoms with van der Waals surface area (Å²) in [6.07, 6.45) is 9.53. The number of phenolic OH excluding ortho intramolecular Hbond substituents is 3. The quantitative estimate of drug-likeness (QED) is 0.261. The van der Waals surface area contributed by atoms with Crippen molar-refractivity contribution in [3.05, 3.63) is 81.5 Å². The highest BCUT2D eigenvalue weighted by Crippen LogP contribution is 2.47. The monoisotopic (exact) mass is 490 g/mol. The van der Waals surface area contributed by atoms with Gasteiger partial charge in [0.2, 0.25) is 0 Å². The van der Waals surface area contributed by atoms with Crippen molar-refractivity contribution in [3.8, 4) is 23.0 Å². The van der Waals surface area contributed by atoms with Crippen LogP contribution in [0.15, 0.2) is 59.2 Å². The third kappa shape index (κ3) is 6.60. The number of benzene rings is 2. The Morgan fingerprint density at radius 1 is 0.889 bits per heavy atom. The van der Waals surface area contributed by atoms with Gasteiger partial charge >= 0.3 is 0 Å². The van der Waals surface area contributed by atoms with E-state index >= 15 is 0 Å². The normalized spacial score (nSPS) is 15.2. The number of ether oxygens (including phenoxy) is 1. The van der Waals surface area contributed by atoms with Crippen LogP contribution in [0.4, 0.5) is 0 Å². The fourth-order valence-electron chi connectivity index (χ4n) is 4.43. The van der Waals surface area contributed by atoms with Gasteiger partial charge in [-0.15, -0.1) is 0 Å². The first-order valence-corrected chi connectivity index (χ1v) is 12.5. The van der Waals surface area contributed by atoms with Gasteiger partial charge in [0.05, 0.1) is 12.5 Å². The van der Waals surface area contributed by atoms with E-state index in [-0.39, 0.29) is 29.5 Å². The van der Waals surface area contributed by atoms with Gasteiger partial charge in [0.15, 0.2) is 17.3 Å². The van der Waals surface area contributed by atoms with Crippen LogP contribution < -0.4 is 4.74 Å². The van der Waals surface area contributed by atoms with E-state index in [1.54, 1.807) is 24.3 Å². The number of phenols is 3. The molecule has 0 amide bonds. The Kier molecular flexibility index (Phi) is 9.03. The molecule has 2 aromatic carbocycles. The molecule has 1 aliphatic rings. The average Bonchev–Trinajstić information content (AvgIpc) is 2.82. The lowest BCUT2D eigenvalue weighted by Gasteiger charge is -2.28. The molecular weight excluding hydrogens is 452 g/mol. The van der Waals surface area contributed by atoms with Gasteiger partial charge in [0.1, 0.15) is 17.1 Å². The van der Waals surface area contributed by atoms with Crippen LogP contribution >= 0.6 is 0 Å². The molecule has 36 heavy (non-hydrogen) atoms. The number of rotatable bonds is 9. The smallest absolute Gasteiger partial charge is 0.177 e. The zero-order valence-electron chi connectivity index (χ0n) is 22.0. The molecule has 2 aromatic rings. The van der Waals surface area contributed by atoms with Gasteiger partial charge in [-0.25, -0.2) is 0 Å². The second-order valence-corrected chi connectivity index (χ2v) is 10.2. The zero-order chi connectivity index (χ0) is 26.4. The minimum absolute atomic E-state index is 0.0627. The summed E-state index contributed by atoms with van der Waals surface area (Å²) in [6.45, 7) is 10.4. The Bertz CT molecular complexity index is 1190. The highest BCUT2D eigenvalue weighted by molar-refractivity contribution is 6.05. The summed E-state index contributed by atoms with van der Waals surface area (Å²) in [5, 5.41) is 31.5. The van der Waals surface area contributed by atoms with Crippen molar-refractivity contribution < 1.29 is 24.9 Å². The fourth-order valence-corrected chi connectivity index (χ4v) is 4.43. The maximum atomic E-state index is 13.5. The van der Waals surface area contributed by atoms with E-state index in [1.807, 2.05) is 19.9 Å². The third-order valence-electron chi connectivity index (χ3n) is 6.54. The van der Waals surface area contributed by atoms with Gasteiger partial charge < -0.3 is 20.1 Å². The summed E-state index contributed by atoms with van der Waals surface area (Å²) < 4.78 is 6.14. The Morgan fingerprint density at radius 3 is 2.17 bits per heavy atom. The highest BCUT2D eigenvalue weighted by Gasteiger charge is 2.36. The van der Waals surface area contributed by atoms with E-state index in [9.17, 15) is 20.1 Å². The van der Waals surface area contributed by atoms with Gasteiger partial charge in [0.25, 0.3) is 0 Å². The molecule has 0 bridgehead atoms. The van der Waals surface area contributed by atoms with E-state index in [0.717, 1.165) is 29.5 Å². The molecule has 0 spiro atoms. The largest absolute Gasteiger partial charge is 0.508 e. The number of carbonyl (C=O) groups is 1. The number of Topliss-reactive ketones (excluding diaryl/α,β-unsaturated/α-hetero) is 1. The lowest BCUT2D eigenvalue weighted by molar-refractivity contribution is 0.0823. The molecule has 0 saturated heterocycles. The number of hydrogen-bond donors (Lipinski definition) is 3. The fraction of sp³-hybridized carbons (Fsp3) is 0.387. The maximum absolute atomic E-state index is 13.5. The van der Waals surface area contributed by atoms with Gasteiger partial charge in [-0.3, -0.25) is 4.79 Å². The van der Waals surface area contributed by atoms with E-state index < -0.39 is 11.7 Å².